The van der Waals surface area contributed by atoms with Crippen LogP contribution in [0.5, 0.6) is 0 Å². The molecule has 0 spiro atoms. The molecule has 5 heteroatoms. The zero-order valence-electron chi connectivity index (χ0n) is 16.0. The molecule has 2 rings (SSSR count). The van der Waals surface area contributed by atoms with Crippen molar-refractivity contribution in [3.8, 4) is 0 Å². The maximum absolute atomic E-state index is 12.9. The minimum absolute atomic E-state index is 0.0435. The van der Waals surface area contributed by atoms with Crippen LogP contribution in [0.1, 0.15) is 37.8 Å². The number of nitrogens with zero attached hydrogens (tertiary/aromatic N) is 1. The van der Waals surface area contributed by atoms with Crippen LogP contribution < -0.4 is 5.32 Å². The molecule has 0 aromatic heterocycles. The van der Waals surface area contributed by atoms with Gasteiger partial charge in [-0.15, -0.1) is 0 Å². The van der Waals surface area contributed by atoms with Crippen molar-refractivity contribution in [2.75, 3.05) is 6.54 Å². The molecule has 4 nitrogen and oxygen atoms in total. The molecule has 0 aliphatic heterocycles. The van der Waals surface area contributed by atoms with Crippen LogP contribution in [-0.2, 0) is 22.6 Å². The number of aryl methyl sites for hydroxylation is 1. The summed E-state index contributed by atoms with van der Waals surface area (Å²) < 4.78 is 0. The van der Waals surface area contributed by atoms with Crippen LogP contribution >= 0.6 is 11.6 Å². The highest BCUT2D eigenvalue weighted by Crippen LogP contribution is 2.16. The minimum atomic E-state index is -0.543. The predicted molar refractivity (Wildman–Crippen MR) is 110 cm³/mol. The fourth-order valence-corrected chi connectivity index (χ4v) is 3.06. The zero-order valence-corrected chi connectivity index (χ0v) is 16.7. The van der Waals surface area contributed by atoms with E-state index in [-0.39, 0.29) is 11.8 Å². The van der Waals surface area contributed by atoms with Crippen LogP contribution in [-0.4, -0.2) is 29.3 Å². The topological polar surface area (TPSA) is 49.4 Å². The van der Waals surface area contributed by atoms with Gasteiger partial charge in [0.05, 0.1) is 0 Å². The van der Waals surface area contributed by atoms with Crippen molar-refractivity contribution in [2.24, 2.45) is 0 Å². The number of benzene rings is 2. The first kappa shape index (κ1) is 21.0. The van der Waals surface area contributed by atoms with Gasteiger partial charge >= 0.3 is 0 Å². The van der Waals surface area contributed by atoms with Gasteiger partial charge in [-0.1, -0.05) is 61.0 Å². The van der Waals surface area contributed by atoms with E-state index in [9.17, 15) is 9.59 Å². The summed E-state index contributed by atoms with van der Waals surface area (Å²) in [6.45, 7) is 4.73. The van der Waals surface area contributed by atoms with E-state index in [1.807, 2.05) is 55.5 Å². The number of amides is 2. The van der Waals surface area contributed by atoms with Crippen LogP contribution in [0.25, 0.3) is 0 Å². The molecule has 0 saturated heterocycles. The second-order valence-corrected chi connectivity index (χ2v) is 7.04. The number of rotatable bonds is 9. The molecule has 2 aromatic rings. The van der Waals surface area contributed by atoms with Gasteiger partial charge in [0.1, 0.15) is 6.04 Å². The summed E-state index contributed by atoms with van der Waals surface area (Å²) >= 11 is 6.08. The highest BCUT2D eigenvalue weighted by Gasteiger charge is 2.25. The lowest BCUT2D eigenvalue weighted by Crippen LogP contribution is -2.47. The lowest BCUT2D eigenvalue weighted by molar-refractivity contribution is -0.140. The Kier molecular flexibility index (Phi) is 8.34. The van der Waals surface area contributed by atoms with Gasteiger partial charge in [-0.05, 0) is 43.0 Å². The Morgan fingerprint density at radius 3 is 2.44 bits per heavy atom. The monoisotopic (exact) mass is 386 g/mol. The van der Waals surface area contributed by atoms with Gasteiger partial charge in [-0.3, -0.25) is 9.59 Å². The van der Waals surface area contributed by atoms with Crippen LogP contribution in [0.15, 0.2) is 54.6 Å². The Labute approximate surface area is 166 Å². The van der Waals surface area contributed by atoms with Crippen LogP contribution in [0, 0.1) is 0 Å². The maximum atomic E-state index is 12.9. The zero-order chi connectivity index (χ0) is 19.6. The van der Waals surface area contributed by atoms with Gasteiger partial charge in [0.25, 0.3) is 0 Å². The fourth-order valence-electron chi connectivity index (χ4n) is 2.85. The van der Waals surface area contributed by atoms with Gasteiger partial charge in [0.15, 0.2) is 0 Å². The van der Waals surface area contributed by atoms with Crippen molar-refractivity contribution in [1.29, 1.82) is 0 Å². The number of hydrogen-bond donors (Lipinski definition) is 1. The first-order valence-electron chi connectivity index (χ1n) is 9.36. The Hall–Kier alpha value is -2.33. The summed E-state index contributed by atoms with van der Waals surface area (Å²) in [4.78, 5) is 27.0. The van der Waals surface area contributed by atoms with E-state index >= 15 is 0 Å². The van der Waals surface area contributed by atoms with E-state index in [0.29, 0.717) is 31.0 Å². The van der Waals surface area contributed by atoms with Gasteiger partial charge in [-0.25, -0.2) is 0 Å². The van der Waals surface area contributed by atoms with E-state index < -0.39 is 6.04 Å². The summed E-state index contributed by atoms with van der Waals surface area (Å²) in [6.07, 6.45) is 1.86. The van der Waals surface area contributed by atoms with Crippen molar-refractivity contribution < 1.29 is 9.59 Å². The lowest BCUT2D eigenvalue weighted by atomic mass is 10.1. The Balaban J connectivity index is 2.11. The molecule has 27 heavy (non-hydrogen) atoms. The highest BCUT2D eigenvalue weighted by molar-refractivity contribution is 6.30. The van der Waals surface area contributed by atoms with Crippen molar-refractivity contribution >= 4 is 23.4 Å². The Morgan fingerprint density at radius 2 is 1.78 bits per heavy atom. The average Bonchev–Trinajstić information content (AvgIpc) is 2.68. The molecule has 1 N–H and O–H groups in total. The van der Waals surface area contributed by atoms with Crippen LogP contribution in [0.4, 0.5) is 0 Å². The predicted octanol–water partition coefficient (Wildman–Crippen LogP) is 4.22. The number of nitrogens with one attached hydrogen (secondary N) is 1. The number of hydrogen-bond acceptors (Lipinski definition) is 2. The molecule has 0 fully saturated rings. The molecular weight excluding hydrogens is 360 g/mol. The molecule has 2 aromatic carbocycles. The van der Waals surface area contributed by atoms with E-state index in [1.165, 1.54) is 0 Å². The van der Waals surface area contributed by atoms with Crippen molar-refractivity contribution in [1.82, 2.24) is 10.2 Å². The lowest BCUT2D eigenvalue weighted by Gasteiger charge is -2.29. The largest absolute Gasteiger partial charge is 0.354 e. The Bertz CT molecular complexity index is 749. The second-order valence-electron chi connectivity index (χ2n) is 6.60. The second kappa shape index (κ2) is 10.7. The van der Waals surface area contributed by atoms with Crippen molar-refractivity contribution in [3.63, 3.8) is 0 Å². The molecule has 0 radical (unpaired) electrons. The van der Waals surface area contributed by atoms with Gasteiger partial charge in [-0.2, -0.15) is 0 Å². The van der Waals surface area contributed by atoms with Gasteiger partial charge in [0, 0.05) is 24.5 Å². The van der Waals surface area contributed by atoms with E-state index in [1.54, 1.807) is 17.9 Å². The van der Waals surface area contributed by atoms with Gasteiger partial charge < -0.3 is 10.2 Å². The molecular formula is C22H27ClN2O2. The molecule has 0 heterocycles. The smallest absolute Gasteiger partial charge is 0.242 e. The molecule has 0 aliphatic rings. The molecule has 1 atom stereocenters. The standard InChI is InChI=1S/C22H27ClN2O2/c1-3-14-24-22(27)17(2)25(16-19-10-7-11-20(23)15-19)21(26)13-12-18-8-5-4-6-9-18/h4-11,15,17H,3,12-14,16H2,1-2H3,(H,24,27)/t17-/m0/s1. The normalized spacial score (nSPS) is 11.7. The van der Waals surface area contributed by atoms with E-state index in [4.69, 9.17) is 11.6 Å². The highest BCUT2D eigenvalue weighted by atomic mass is 35.5. The van der Waals surface area contributed by atoms with E-state index in [2.05, 4.69) is 5.32 Å². The SMILES string of the molecule is CCCNC(=O)[C@H](C)N(Cc1cccc(Cl)c1)C(=O)CCc1ccccc1. The third kappa shape index (κ3) is 6.72. The molecule has 0 bridgehead atoms. The maximum Gasteiger partial charge on any atom is 0.242 e. The first-order valence-corrected chi connectivity index (χ1v) is 9.74. The number of halogens is 1. The minimum Gasteiger partial charge on any atom is -0.354 e. The summed E-state index contributed by atoms with van der Waals surface area (Å²) in [6, 6.07) is 16.7. The molecule has 0 aliphatic carbocycles. The summed E-state index contributed by atoms with van der Waals surface area (Å²) in [5, 5.41) is 3.50. The van der Waals surface area contributed by atoms with Crippen molar-refractivity contribution in [2.45, 2.75) is 45.7 Å². The summed E-state index contributed by atoms with van der Waals surface area (Å²) in [5.41, 5.74) is 2.02. The molecule has 2 amide bonds. The van der Waals surface area contributed by atoms with Gasteiger partial charge in [0.2, 0.25) is 11.8 Å². The van der Waals surface area contributed by atoms with Crippen LogP contribution in [0.3, 0.4) is 0 Å². The van der Waals surface area contributed by atoms with Crippen LogP contribution in [0.2, 0.25) is 5.02 Å². The first-order chi connectivity index (χ1) is 13.0. The number of carbonyl (C=O) groups is 2. The third-order valence-electron chi connectivity index (χ3n) is 4.43. The average molecular weight is 387 g/mol. The number of carbonyl (C=O) groups excluding carboxylic acids is 2. The quantitative estimate of drug-likeness (QED) is 0.701. The molecule has 144 valence electrons. The summed E-state index contributed by atoms with van der Waals surface area (Å²) in [5.74, 6) is -0.176. The molecule has 0 unspecified atom stereocenters. The summed E-state index contributed by atoms with van der Waals surface area (Å²) in [7, 11) is 0. The fraction of sp³-hybridized carbons (Fsp3) is 0.364. The molecule has 0 saturated carbocycles. The van der Waals surface area contributed by atoms with Crippen molar-refractivity contribution in [3.05, 3.63) is 70.7 Å². The third-order valence-corrected chi connectivity index (χ3v) is 4.66. The Morgan fingerprint density at radius 1 is 1.07 bits per heavy atom. The van der Waals surface area contributed by atoms with E-state index in [0.717, 1.165) is 17.5 Å².